The number of carboxylic acids is 1. The van der Waals surface area contributed by atoms with E-state index in [1.807, 2.05) is 0 Å². The highest BCUT2D eigenvalue weighted by Crippen LogP contribution is 2.27. The first kappa shape index (κ1) is 23.5. The Hall–Kier alpha value is -0.530. The van der Waals surface area contributed by atoms with Crippen LogP contribution in [0.15, 0.2) is 0 Å². The van der Waals surface area contributed by atoms with E-state index >= 15 is 0 Å². The van der Waals surface area contributed by atoms with E-state index in [1.54, 1.807) is 0 Å². The van der Waals surface area contributed by atoms with E-state index in [0.717, 1.165) is 24.7 Å². The van der Waals surface area contributed by atoms with Gasteiger partial charge in [0.2, 0.25) is 0 Å². The number of hydrogen-bond donors (Lipinski definition) is 1. The number of unbranched alkanes of at least 4 members (excludes halogenated alkanes) is 10. The van der Waals surface area contributed by atoms with Crippen LogP contribution >= 0.6 is 0 Å². The summed E-state index contributed by atoms with van der Waals surface area (Å²) < 4.78 is 0. The third kappa shape index (κ3) is 15.0. The number of carboxylic acid groups (broad SMARTS) is 1. The molecule has 0 saturated carbocycles. The van der Waals surface area contributed by atoms with Crippen molar-refractivity contribution in [1.82, 2.24) is 0 Å². The van der Waals surface area contributed by atoms with Gasteiger partial charge < -0.3 is 5.11 Å². The Morgan fingerprint density at radius 1 is 0.750 bits per heavy atom. The number of carbonyl (C=O) groups is 1. The van der Waals surface area contributed by atoms with Crippen LogP contribution in [0.5, 0.6) is 0 Å². The van der Waals surface area contributed by atoms with Crippen LogP contribution in [0.4, 0.5) is 0 Å². The van der Waals surface area contributed by atoms with Gasteiger partial charge in [-0.15, -0.1) is 0 Å². The lowest BCUT2D eigenvalue weighted by atomic mass is 9.83. The third-order valence-electron chi connectivity index (χ3n) is 5.59. The summed E-state index contributed by atoms with van der Waals surface area (Å²) in [7, 11) is 0. The molecule has 2 nitrogen and oxygen atoms in total. The fourth-order valence-corrected chi connectivity index (χ4v) is 3.62. The van der Waals surface area contributed by atoms with Crippen molar-refractivity contribution in [3.05, 3.63) is 0 Å². The monoisotopic (exact) mass is 340 g/mol. The maximum atomic E-state index is 10.5. The fourth-order valence-electron chi connectivity index (χ4n) is 3.62. The normalized spacial score (nSPS) is 13.8. The Bertz CT molecular complexity index is 275. The summed E-state index contributed by atoms with van der Waals surface area (Å²) in [4.78, 5) is 10.5. The molecular weight excluding hydrogens is 296 g/mol. The minimum Gasteiger partial charge on any atom is -0.481 e. The highest BCUT2D eigenvalue weighted by atomic mass is 16.4. The van der Waals surface area contributed by atoms with Crippen molar-refractivity contribution in [2.75, 3.05) is 0 Å². The predicted molar refractivity (Wildman–Crippen MR) is 106 cm³/mol. The molecule has 0 aromatic rings. The highest BCUT2D eigenvalue weighted by Gasteiger charge is 2.15. The second kappa shape index (κ2) is 17.3. The lowest BCUT2D eigenvalue weighted by Gasteiger charge is -2.23. The number of hydrogen-bond acceptors (Lipinski definition) is 1. The zero-order valence-electron chi connectivity index (χ0n) is 16.8. The van der Waals surface area contributed by atoms with E-state index in [1.165, 1.54) is 83.5 Å². The van der Waals surface area contributed by atoms with Crippen LogP contribution in [0.3, 0.4) is 0 Å². The molecular formula is C22H44O2. The Morgan fingerprint density at radius 2 is 1.21 bits per heavy atom. The Balaban J connectivity index is 3.66. The van der Waals surface area contributed by atoms with E-state index < -0.39 is 5.97 Å². The van der Waals surface area contributed by atoms with Gasteiger partial charge in [0.05, 0.1) is 0 Å². The van der Waals surface area contributed by atoms with Gasteiger partial charge in [-0.1, -0.05) is 111 Å². The summed E-state index contributed by atoms with van der Waals surface area (Å²) in [6, 6.07) is 0. The van der Waals surface area contributed by atoms with Crippen LogP contribution in [0.25, 0.3) is 0 Å². The fraction of sp³-hybridized carbons (Fsp3) is 0.955. The van der Waals surface area contributed by atoms with E-state index in [-0.39, 0.29) is 0 Å². The van der Waals surface area contributed by atoms with Crippen LogP contribution in [-0.4, -0.2) is 11.1 Å². The van der Waals surface area contributed by atoms with E-state index in [0.29, 0.717) is 6.42 Å². The van der Waals surface area contributed by atoms with Crippen molar-refractivity contribution in [2.45, 2.75) is 124 Å². The summed E-state index contributed by atoms with van der Waals surface area (Å²) >= 11 is 0. The van der Waals surface area contributed by atoms with E-state index in [2.05, 4.69) is 20.8 Å². The van der Waals surface area contributed by atoms with Gasteiger partial charge in [-0.25, -0.2) is 0 Å². The molecule has 0 aromatic heterocycles. The van der Waals surface area contributed by atoms with Crippen molar-refractivity contribution >= 4 is 5.97 Å². The topological polar surface area (TPSA) is 37.3 Å². The molecule has 0 aliphatic carbocycles. The molecule has 0 heterocycles. The lowest BCUT2D eigenvalue weighted by Crippen LogP contribution is -2.11. The average molecular weight is 341 g/mol. The van der Waals surface area contributed by atoms with E-state index in [9.17, 15) is 4.79 Å². The molecule has 0 fully saturated rings. The van der Waals surface area contributed by atoms with Crippen molar-refractivity contribution in [3.63, 3.8) is 0 Å². The molecule has 2 unspecified atom stereocenters. The lowest BCUT2D eigenvalue weighted by molar-refractivity contribution is -0.137. The van der Waals surface area contributed by atoms with Crippen LogP contribution in [0, 0.1) is 11.8 Å². The van der Waals surface area contributed by atoms with Crippen LogP contribution in [0.2, 0.25) is 0 Å². The molecule has 144 valence electrons. The zero-order valence-corrected chi connectivity index (χ0v) is 16.8. The van der Waals surface area contributed by atoms with Crippen molar-refractivity contribution in [3.8, 4) is 0 Å². The Morgan fingerprint density at radius 3 is 1.67 bits per heavy atom. The first-order valence-corrected chi connectivity index (χ1v) is 10.8. The summed E-state index contributed by atoms with van der Waals surface area (Å²) in [5, 5.41) is 8.62. The van der Waals surface area contributed by atoms with Gasteiger partial charge in [-0.3, -0.25) is 4.79 Å². The summed E-state index contributed by atoms with van der Waals surface area (Å²) in [6.45, 7) is 7.06. The number of aliphatic carboxylic acids is 1. The molecule has 0 rings (SSSR count). The minimum atomic E-state index is -0.652. The highest BCUT2D eigenvalue weighted by molar-refractivity contribution is 5.66. The second-order valence-electron chi connectivity index (χ2n) is 7.76. The Labute approximate surface area is 151 Å². The van der Waals surface area contributed by atoms with Gasteiger partial charge >= 0.3 is 5.97 Å². The molecule has 0 amide bonds. The van der Waals surface area contributed by atoms with Gasteiger partial charge in [0.25, 0.3) is 0 Å². The second-order valence-corrected chi connectivity index (χ2v) is 7.76. The largest absolute Gasteiger partial charge is 0.481 e. The molecule has 24 heavy (non-hydrogen) atoms. The van der Waals surface area contributed by atoms with Gasteiger partial charge in [0.15, 0.2) is 0 Å². The maximum absolute atomic E-state index is 10.5. The van der Waals surface area contributed by atoms with Gasteiger partial charge in [0.1, 0.15) is 0 Å². The van der Waals surface area contributed by atoms with Gasteiger partial charge in [0, 0.05) is 6.42 Å². The molecule has 2 atom stereocenters. The molecule has 2 heteroatoms. The molecule has 0 saturated heterocycles. The van der Waals surface area contributed by atoms with Crippen LogP contribution in [-0.2, 0) is 4.79 Å². The first-order valence-electron chi connectivity index (χ1n) is 10.8. The molecule has 0 spiro atoms. The van der Waals surface area contributed by atoms with Gasteiger partial charge in [-0.05, 0) is 18.3 Å². The standard InChI is InChI=1S/C22H44O2/c1-4-6-7-8-11-14-17-21(20(3)5-2)18-15-12-9-10-13-16-19-22(23)24/h20-21H,4-19H2,1-3H3,(H,23,24). The molecule has 0 aliphatic heterocycles. The van der Waals surface area contributed by atoms with Gasteiger partial charge in [-0.2, -0.15) is 0 Å². The quantitative estimate of drug-likeness (QED) is 0.261. The van der Waals surface area contributed by atoms with Crippen molar-refractivity contribution in [2.24, 2.45) is 11.8 Å². The zero-order chi connectivity index (χ0) is 18.0. The van der Waals surface area contributed by atoms with Crippen molar-refractivity contribution < 1.29 is 9.90 Å². The van der Waals surface area contributed by atoms with Crippen LogP contribution in [0.1, 0.15) is 124 Å². The number of rotatable bonds is 18. The first-order chi connectivity index (χ1) is 11.6. The maximum Gasteiger partial charge on any atom is 0.303 e. The molecule has 0 radical (unpaired) electrons. The molecule has 0 aromatic carbocycles. The minimum absolute atomic E-state index is 0.342. The molecule has 1 N–H and O–H groups in total. The average Bonchev–Trinajstić information content (AvgIpc) is 2.57. The molecule has 0 bridgehead atoms. The summed E-state index contributed by atoms with van der Waals surface area (Å²) in [6.07, 6.45) is 20.1. The predicted octanol–water partition coefficient (Wildman–Crippen LogP) is 7.60. The summed E-state index contributed by atoms with van der Waals surface area (Å²) in [5.74, 6) is 1.14. The smallest absolute Gasteiger partial charge is 0.303 e. The van der Waals surface area contributed by atoms with Crippen molar-refractivity contribution in [1.29, 1.82) is 0 Å². The van der Waals surface area contributed by atoms with E-state index in [4.69, 9.17) is 5.11 Å². The SMILES string of the molecule is CCCCCCCCC(CCCCCCCCC(=O)O)C(C)CC. The Kier molecular flexibility index (Phi) is 16.9. The third-order valence-corrected chi connectivity index (χ3v) is 5.59. The molecule has 0 aliphatic rings. The summed E-state index contributed by atoms with van der Waals surface area (Å²) in [5.41, 5.74) is 0. The van der Waals surface area contributed by atoms with Crippen LogP contribution < -0.4 is 0 Å².